The molecule has 7 heterocycles. The zero-order valence-corrected chi connectivity index (χ0v) is 27.9. The third-order valence-electron chi connectivity index (χ3n) is 7.69. The first-order chi connectivity index (χ1) is 23.1. The lowest BCUT2D eigenvalue weighted by atomic mass is 10.1. The van der Waals surface area contributed by atoms with Gasteiger partial charge in [-0.2, -0.15) is 0 Å². The van der Waals surface area contributed by atoms with Crippen molar-refractivity contribution in [3.63, 3.8) is 0 Å². The van der Waals surface area contributed by atoms with Crippen LogP contribution in [0.25, 0.3) is 22.3 Å². The van der Waals surface area contributed by atoms with E-state index >= 15 is 8.78 Å². The normalized spacial score (nSPS) is 33.2. The summed E-state index contributed by atoms with van der Waals surface area (Å²) in [6, 6.07) is 0. The standard InChI is InChI=1S/C24H26F2N10O8P2S2/c25-13-17(43-45(38)47)12-6-40-46(39,48)44-18-11(5-37)41-24(14(18)26)36-10-34-16-20(30-8-32-22(16)36)28-4-2-1-3-27-19-15-21(31-7-29-19)35(9-33-15)23(13)42-12/h7-14,17-18,23-24,37,45H,3-6H2,(H,38,47)(H,39,48)(H,27,29,31)(H,28,30,32)/t11-,12?,13-,14-,17-,18-,23-,24?,46+/m1/s1. The summed E-state index contributed by atoms with van der Waals surface area (Å²) >= 11 is 7.77. The van der Waals surface area contributed by atoms with Crippen LogP contribution in [0.3, 0.4) is 0 Å². The van der Waals surface area contributed by atoms with Gasteiger partial charge in [-0.1, -0.05) is 36.3 Å². The van der Waals surface area contributed by atoms with Gasteiger partial charge in [0.25, 0.3) is 0 Å². The average molecular weight is 747 g/mol. The molecule has 3 aliphatic rings. The molecule has 0 amide bonds. The van der Waals surface area contributed by atoms with Crippen molar-refractivity contribution in [3.8, 4) is 11.8 Å². The molecular weight excluding hydrogens is 720 g/mol. The SMILES string of the molecule is O=[PH](S)O[C@@H]1C2CO[P@](=O)(S)O[C@@H]3[C@@H](CO)OC([C@@H]3F)n3cnc4c(ncnc43)NCC#CCNc3ncnc4c3ncn4[C@H](O2)[C@@H]1F. The van der Waals surface area contributed by atoms with E-state index in [1.165, 1.54) is 34.4 Å². The summed E-state index contributed by atoms with van der Waals surface area (Å²) in [7, 11) is -3.00. The summed E-state index contributed by atoms with van der Waals surface area (Å²) in [5.74, 6) is 6.52. The number of hydrogen-bond acceptors (Lipinski definition) is 16. The minimum Gasteiger partial charge on any atom is -0.394 e. The molecule has 48 heavy (non-hydrogen) atoms. The number of nitrogens with zero attached hydrogens (tertiary/aromatic N) is 8. The molecule has 4 aromatic heterocycles. The number of thiol groups is 2. The molecule has 10 atom stereocenters. The molecule has 7 rings (SSSR count). The van der Waals surface area contributed by atoms with E-state index in [0.717, 1.165) is 0 Å². The number of rotatable bonds is 3. The van der Waals surface area contributed by atoms with Crippen molar-refractivity contribution >= 4 is 72.5 Å². The van der Waals surface area contributed by atoms with Gasteiger partial charge in [0.2, 0.25) is 7.23 Å². The van der Waals surface area contributed by atoms with Gasteiger partial charge in [0.1, 0.15) is 37.1 Å². The molecule has 0 aliphatic carbocycles. The number of fused-ring (bicyclic) bond motifs is 6. The predicted octanol–water partition coefficient (Wildman–Crippen LogP) is 2.11. The molecule has 2 saturated heterocycles. The van der Waals surface area contributed by atoms with Gasteiger partial charge in [-0.3, -0.25) is 22.7 Å². The van der Waals surface area contributed by atoms with E-state index in [1.807, 2.05) is 0 Å². The van der Waals surface area contributed by atoms with E-state index in [9.17, 15) is 14.2 Å². The molecule has 0 spiro atoms. The molecule has 3 N–H and O–H groups in total. The minimum atomic E-state index is -4.46. The number of halogens is 2. The summed E-state index contributed by atoms with van der Waals surface area (Å²) in [6.45, 7) is -5.53. The monoisotopic (exact) mass is 746 g/mol. The van der Waals surface area contributed by atoms with Crippen LogP contribution in [0.2, 0.25) is 0 Å². The molecular formula is C24H26F2N10O8P2S2. The maximum Gasteiger partial charge on any atom is 0.386 e. The number of alkyl halides is 2. The zero-order chi connectivity index (χ0) is 33.6. The van der Waals surface area contributed by atoms with Gasteiger partial charge < -0.3 is 29.7 Å². The predicted molar refractivity (Wildman–Crippen MR) is 170 cm³/mol. The average Bonchev–Trinajstić information content (AvgIpc) is 3.82. The lowest BCUT2D eigenvalue weighted by Crippen LogP contribution is -2.34. The first-order valence-corrected chi connectivity index (χ1v) is 19.5. The lowest BCUT2D eigenvalue weighted by molar-refractivity contribution is -0.0487. The summed E-state index contributed by atoms with van der Waals surface area (Å²) in [5, 5.41) is 16.1. The number of anilines is 2. The van der Waals surface area contributed by atoms with Gasteiger partial charge >= 0.3 is 6.80 Å². The first kappa shape index (κ1) is 33.5. The molecule has 12 bridgehead atoms. The Morgan fingerprint density at radius 2 is 1.56 bits per heavy atom. The Kier molecular flexibility index (Phi) is 9.60. The maximum absolute atomic E-state index is 16.0. The van der Waals surface area contributed by atoms with Crippen molar-refractivity contribution in [1.82, 2.24) is 39.0 Å². The van der Waals surface area contributed by atoms with Crippen molar-refractivity contribution < 1.29 is 46.1 Å². The maximum atomic E-state index is 16.0. The molecule has 0 aromatic carbocycles. The fraction of sp³-hybridized carbons (Fsp3) is 0.500. The van der Waals surface area contributed by atoms with Crippen molar-refractivity contribution in [2.45, 2.75) is 49.2 Å². The van der Waals surface area contributed by atoms with E-state index in [2.05, 4.69) is 76.9 Å². The second-order valence-electron chi connectivity index (χ2n) is 10.5. The van der Waals surface area contributed by atoms with E-state index in [1.54, 1.807) is 0 Å². The van der Waals surface area contributed by atoms with Gasteiger partial charge in [-0.15, -0.1) is 0 Å². The van der Waals surface area contributed by atoms with Crippen LogP contribution < -0.4 is 10.6 Å². The van der Waals surface area contributed by atoms with Gasteiger partial charge in [0, 0.05) is 0 Å². The Bertz CT molecular complexity index is 1970. The Morgan fingerprint density at radius 1 is 0.979 bits per heavy atom. The Morgan fingerprint density at radius 3 is 2.12 bits per heavy atom. The smallest absolute Gasteiger partial charge is 0.386 e. The van der Waals surface area contributed by atoms with Gasteiger partial charge in [0.05, 0.1) is 39.0 Å². The lowest BCUT2D eigenvalue weighted by Gasteiger charge is -2.24. The van der Waals surface area contributed by atoms with Crippen LogP contribution in [0.1, 0.15) is 12.5 Å². The number of hydrogen-bond donors (Lipinski definition) is 5. The van der Waals surface area contributed by atoms with E-state index in [0.29, 0.717) is 11.6 Å². The molecule has 4 aromatic rings. The summed E-state index contributed by atoms with van der Waals surface area (Å²) in [6.07, 6.45) is -7.51. The van der Waals surface area contributed by atoms with Crippen LogP contribution in [0.5, 0.6) is 0 Å². The Balaban J connectivity index is 1.24. The topological polar surface area (TPSA) is 212 Å². The van der Waals surface area contributed by atoms with Crippen molar-refractivity contribution in [2.24, 2.45) is 0 Å². The molecule has 0 radical (unpaired) electrons. The van der Waals surface area contributed by atoms with E-state index in [4.69, 9.17) is 23.0 Å². The molecule has 18 nitrogen and oxygen atoms in total. The highest BCUT2D eigenvalue weighted by atomic mass is 32.7. The van der Waals surface area contributed by atoms with Crippen molar-refractivity contribution in [3.05, 3.63) is 25.3 Å². The number of aliphatic hydroxyl groups excluding tert-OH is 1. The minimum absolute atomic E-state index is 0.153. The zero-order valence-electron chi connectivity index (χ0n) is 24.2. The van der Waals surface area contributed by atoms with Crippen LogP contribution in [0, 0.1) is 11.8 Å². The number of aliphatic hydroxyl groups is 1. The highest BCUT2D eigenvalue weighted by Crippen LogP contribution is 2.57. The fourth-order valence-corrected chi connectivity index (χ4v) is 7.93. The van der Waals surface area contributed by atoms with Gasteiger partial charge in [-0.05, 0) is 0 Å². The van der Waals surface area contributed by atoms with E-state index in [-0.39, 0.29) is 35.4 Å². The largest absolute Gasteiger partial charge is 0.394 e. The third-order valence-corrected chi connectivity index (χ3v) is 10.1. The van der Waals surface area contributed by atoms with Crippen LogP contribution in [-0.2, 0) is 32.2 Å². The van der Waals surface area contributed by atoms with Crippen LogP contribution in [0.4, 0.5) is 20.4 Å². The van der Waals surface area contributed by atoms with Gasteiger partial charge in [-0.25, -0.2) is 43.2 Å². The molecule has 3 aliphatic heterocycles. The second kappa shape index (κ2) is 13.7. The number of aromatic nitrogens is 8. The quantitative estimate of drug-likeness (QED) is 0.115. The highest BCUT2D eigenvalue weighted by Gasteiger charge is 2.52. The summed E-state index contributed by atoms with van der Waals surface area (Å²) in [5.41, 5.74) is 0.961. The van der Waals surface area contributed by atoms with Gasteiger partial charge in [0.15, 0.2) is 58.8 Å². The summed E-state index contributed by atoms with van der Waals surface area (Å²) in [4.78, 5) is 25.5. The van der Waals surface area contributed by atoms with Crippen LogP contribution >= 0.6 is 38.5 Å². The Hall–Kier alpha value is -2.96. The van der Waals surface area contributed by atoms with Crippen LogP contribution in [0.15, 0.2) is 25.3 Å². The molecule has 2 fully saturated rings. The first-order valence-electron chi connectivity index (χ1n) is 14.2. The molecule has 0 saturated carbocycles. The van der Waals surface area contributed by atoms with Crippen molar-refractivity contribution in [2.75, 3.05) is 36.9 Å². The Labute approximate surface area is 280 Å². The third kappa shape index (κ3) is 6.40. The fourth-order valence-electron chi connectivity index (χ4n) is 5.57. The second-order valence-corrected chi connectivity index (χ2v) is 15.3. The highest BCUT2D eigenvalue weighted by molar-refractivity contribution is 8.44. The van der Waals surface area contributed by atoms with Crippen molar-refractivity contribution in [1.29, 1.82) is 0 Å². The summed E-state index contributed by atoms with van der Waals surface area (Å²) < 4.78 is 87.6. The number of nitrogens with one attached hydrogen (secondary N) is 2. The van der Waals surface area contributed by atoms with E-state index < -0.39 is 76.5 Å². The number of ether oxygens (including phenoxy) is 2. The van der Waals surface area contributed by atoms with Crippen LogP contribution in [-0.4, -0.2) is 107 Å². The molecule has 24 heteroatoms. The number of imidazole rings is 2. The molecule has 256 valence electrons. The molecule has 3 unspecified atom stereocenters.